The number of hydrogen-bond donors (Lipinski definition) is 2. The maximum Gasteiger partial charge on any atom is 0.292 e. The van der Waals surface area contributed by atoms with Crippen molar-refractivity contribution in [2.24, 2.45) is 0 Å². The van der Waals surface area contributed by atoms with Gasteiger partial charge >= 0.3 is 0 Å². The first-order chi connectivity index (χ1) is 10.1. The average molecular weight is 295 g/mol. The highest BCUT2D eigenvalue weighted by Gasteiger charge is 2.18. The van der Waals surface area contributed by atoms with Crippen LogP contribution in [0.2, 0.25) is 0 Å². The molecule has 1 aliphatic heterocycles. The number of carbonyl (C=O) groups is 1. The summed E-state index contributed by atoms with van der Waals surface area (Å²) in [5, 5.41) is 16.6. The van der Waals surface area contributed by atoms with E-state index in [-0.39, 0.29) is 23.7 Å². The second-order valence-electron chi connectivity index (χ2n) is 5.15. The summed E-state index contributed by atoms with van der Waals surface area (Å²) >= 11 is 0. The molecule has 1 fully saturated rings. The molecular weight excluding hydrogens is 277 g/mol. The molecule has 0 spiro atoms. The highest BCUT2D eigenvalue weighted by molar-refractivity contribution is 5.93. The SMILES string of the molecule is O=C(CCC1CCCCN1)Nc1cc(F)ccc1[N+](=O)[O-]. The summed E-state index contributed by atoms with van der Waals surface area (Å²) in [6.07, 6.45) is 4.26. The molecule has 1 heterocycles. The molecule has 1 aromatic rings. The molecule has 0 radical (unpaired) electrons. The number of nitrogens with one attached hydrogen (secondary N) is 2. The van der Waals surface area contributed by atoms with Gasteiger partial charge in [-0.15, -0.1) is 0 Å². The molecule has 1 aromatic carbocycles. The molecule has 2 rings (SSSR count). The van der Waals surface area contributed by atoms with Crippen LogP contribution in [0.25, 0.3) is 0 Å². The van der Waals surface area contributed by atoms with Gasteiger partial charge in [0.25, 0.3) is 5.69 Å². The van der Waals surface area contributed by atoms with Crippen molar-refractivity contribution in [3.63, 3.8) is 0 Å². The van der Waals surface area contributed by atoms with Crippen LogP contribution in [0.1, 0.15) is 32.1 Å². The van der Waals surface area contributed by atoms with Crippen molar-refractivity contribution in [2.45, 2.75) is 38.1 Å². The van der Waals surface area contributed by atoms with E-state index in [0.29, 0.717) is 12.5 Å². The van der Waals surface area contributed by atoms with Crippen LogP contribution in [0.5, 0.6) is 0 Å². The number of amides is 1. The van der Waals surface area contributed by atoms with Gasteiger partial charge in [0.1, 0.15) is 11.5 Å². The van der Waals surface area contributed by atoms with Gasteiger partial charge in [-0.2, -0.15) is 0 Å². The van der Waals surface area contributed by atoms with Crippen molar-refractivity contribution in [1.82, 2.24) is 5.32 Å². The molecule has 21 heavy (non-hydrogen) atoms. The number of nitro benzene ring substituents is 1. The van der Waals surface area contributed by atoms with E-state index in [1.54, 1.807) is 0 Å². The van der Waals surface area contributed by atoms with E-state index in [4.69, 9.17) is 0 Å². The molecule has 0 bridgehead atoms. The van der Waals surface area contributed by atoms with Gasteiger partial charge in [-0.05, 0) is 31.9 Å². The molecule has 1 atom stereocenters. The average Bonchev–Trinajstić information content (AvgIpc) is 2.46. The van der Waals surface area contributed by atoms with E-state index in [1.807, 2.05) is 0 Å². The van der Waals surface area contributed by atoms with Crippen LogP contribution in [0.3, 0.4) is 0 Å². The number of rotatable bonds is 5. The zero-order chi connectivity index (χ0) is 15.2. The molecule has 1 aliphatic rings. The molecule has 6 nitrogen and oxygen atoms in total. The van der Waals surface area contributed by atoms with Crippen LogP contribution in [-0.2, 0) is 4.79 Å². The fraction of sp³-hybridized carbons (Fsp3) is 0.500. The van der Waals surface area contributed by atoms with Crippen LogP contribution in [0.4, 0.5) is 15.8 Å². The third kappa shape index (κ3) is 4.49. The highest BCUT2D eigenvalue weighted by Crippen LogP contribution is 2.25. The van der Waals surface area contributed by atoms with Crippen LogP contribution in [-0.4, -0.2) is 23.4 Å². The lowest BCUT2D eigenvalue weighted by Crippen LogP contribution is -2.34. The maximum atomic E-state index is 13.2. The summed E-state index contributed by atoms with van der Waals surface area (Å²) in [6, 6.07) is 3.33. The number of carbonyl (C=O) groups excluding carboxylic acids is 1. The van der Waals surface area contributed by atoms with Crippen molar-refractivity contribution in [3.05, 3.63) is 34.1 Å². The number of halogens is 1. The molecule has 1 saturated heterocycles. The highest BCUT2D eigenvalue weighted by atomic mass is 19.1. The first-order valence-corrected chi connectivity index (χ1v) is 7.03. The van der Waals surface area contributed by atoms with Gasteiger partial charge in [-0.25, -0.2) is 4.39 Å². The lowest BCUT2D eigenvalue weighted by molar-refractivity contribution is -0.384. The minimum atomic E-state index is -0.641. The van der Waals surface area contributed by atoms with Crippen molar-refractivity contribution in [2.75, 3.05) is 11.9 Å². The molecule has 1 unspecified atom stereocenters. The van der Waals surface area contributed by atoms with Crippen molar-refractivity contribution in [1.29, 1.82) is 0 Å². The summed E-state index contributed by atoms with van der Waals surface area (Å²) in [6.45, 7) is 0.960. The smallest absolute Gasteiger partial charge is 0.292 e. The van der Waals surface area contributed by atoms with E-state index < -0.39 is 10.7 Å². The van der Waals surface area contributed by atoms with Gasteiger partial charge in [0.15, 0.2) is 0 Å². The van der Waals surface area contributed by atoms with Crippen molar-refractivity contribution in [3.8, 4) is 0 Å². The Labute approximate surface area is 121 Å². The summed E-state index contributed by atoms with van der Waals surface area (Å²) in [5.41, 5.74) is -0.401. The number of piperidine rings is 1. The second-order valence-corrected chi connectivity index (χ2v) is 5.15. The van der Waals surface area contributed by atoms with Crippen molar-refractivity contribution >= 4 is 17.3 Å². The van der Waals surface area contributed by atoms with Gasteiger partial charge in [-0.1, -0.05) is 6.42 Å². The van der Waals surface area contributed by atoms with E-state index in [9.17, 15) is 19.3 Å². The topological polar surface area (TPSA) is 84.3 Å². The summed E-state index contributed by atoms with van der Waals surface area (Å²) in [7, 11) is 0. The molecule has 0 aromatic heterocycles. The van der Waals surface area contributed by atoms with E-state index in [1.165, 1.54) is 0 Å². The summed E-state index contributed by atoms with van der Waals surface area (Å²) in [4.78, 5) is 22.1. The predicted molar refractivity (Wildman–Crippen MR) is 76.6 cm³/mol. The number of anilines is 1. The fourth-order valence-electron chi connectivity index (χ4n) is 2.46. The molecule has 2 N–H and O–H groups in total. The number of hydrogen-bond acceptors (Lipinski definition) is 4. The Hall–Kier alpha value is -2.02. The quantitative estimate of drug-likeness (QED) is 0.646. The van der Waals surface area contributed by atoms with Crippen LogP contribution >= 0.6 is 0 Å². The summed E-state index contributed by atoms with van der Waals surface area (Å²) in [5.74, 6) is -0.957. The Kier molecular flexibility index (Phi) is 5.21. The fourth-order valence-corrected chi connectivity index (χ4v) is 2.46. The predicted octanol–water partition coefficient (Wildman–Crippen LogP) is 2.59. The van der Waals surface area contributed by atoms with E-state index in [0.717, 1.165) is 44.0 Å². The molecule has 114 valence electrons. The zero-order valence-corrected chi connectivity index (χ0v) is 11.6. The number of nitro groups is 1. The molecule has 0 aliphatic carbocycles. The van der Waals surface area contributed by atoms with Crippen molar-refractivity contribution < 1.29 is 14.1 Å². The molecule has 1 amide bonds. The second kappa shape index (κ2) is 7.12. The lowest BCUT2D eigenvalue weighted by Gasteiger charge is -2.23. The minimum Gasteiger partial charge on any atom is -0.320 e. The van der Waals surface area contributed by atoms with Crippen LogP contribution in [0.15, 0.2) is 18.2 Å². The normalized spacial score (nSPS) is 18.2. The first kappa shape index (κ1) is 15.4. The molecule has 7 heteroatoms. The Morgan fingerprint density at radius 2 is 2.29 bits per heavy atom. The maximum absolute atomic E-state index is 13.2. The standard InChI is InChI=1S/C14H18FN3O3/c15-10-4-6-13(18(20)21)12(9-10)17-14(19)7-5-11-3-1-2-8-16-11/h4,6,9,11,16H,1-3,5,7-8H2,(H,17,19). The van der Waals surface area contributed by atoms with Crippen LogP contribution in [0, 0.1) is 15.9 Å². The Balaban J connectivity index is 1.92. The van der Waals surface area contributed by atoms with Gasteiger partial charge in [0.05, 0.1) is 4.92 Å². The van der Waals surface area contributed by atoms with Gasteiger partial charge < -0.3 is 10.6 Å². The van der Waals surface area contributed by atoms with Gasteiger partial charge in [0, 0.05) is 24.6 Å². The number of benzene rings is 1. The van der Waals surface area contributed by atoms with E-state index >= 15 is 0 Å². The Bertz CT molecular complexity index is 530. The summed E-state index contributed by atoms with van der Waals surface area (Å²) < 4.78 is 13.2. The Morgan fingerprint density at radius 1 is 1.48 bits per heavy atom. The third-order valence-electron chi connectivity index (χ3n) is 3.56. The van der Waals surface area contributed by atoms with Gasteiger partial charge in [-0.3, -0.25) is 14.9 Å². The third-order valence-corrected chi connectivity index (χ3v) is 3.56. The molecular formula is C14H18FN3O3. The van der Waals surface area contributed by atoms with E-state index in [2.05, 4.69) is 10.6 Å². The molecule has 0 saturated carbocycles. The zero-order valence-electron chi connectivity index (χ0n) is 11.6. The van der Waals surface area contributed by atoms with Crippen LogP contribution < -0.4 is 10.6 Å². The minimum absolute atomic E-state index is 0.0957. The largest absolute Gasteiger partial charge is 0.320 e. The first-order valence-electron chi connectivity index (χ1n) is 7.03. The van der Waals surface area contributed by atoms with Gasteiger partial charge in [0.2, 0.25) is 5.91 Å². The monoisotopic (exact) mass is 295 g/mol. The number of nitrogens with zero attached hydrogens (tertiary/aromatic N) is 1. The lowest BCUT2D eigenvalue weighted by atomic mass is 10.0. The Morgan fingerprint density at radius 3 is 2.95 bits per heavy atom.